The molecule has 0 aromatic rings. The van der Waals surface area contributed by atoms with E-state index < -0.39 is 0 Å². The van der Waals surface area contributed by atoms with Crippen LogP contribution in [0.3, 0.4) is 0 Å². The van der Waals surface area contributed by atoms with Crippen molar-refractivity contribution in [3.63, 3.8) is 0 Å². The number of likely N-dealkylation sites (N-methyl/N-ethyl adjacent to an activating group) is 1. The highest BCUT2D eigenvalue weighted by atomic mass is 16.5. The minimum atomic E-state index is 0.448. The zero-order chi connectivity index (χ0) is 10.7. The maximum atomic E-state index is 5.55. The number of morpholine rings is 1. The lowest BCUT2D eigenvalue weighted by Gasteiger charge is -2.44. The molecule has 1 fully saturated rings. The Balaban J connectivity index is 2.65. The molecule has 0 saturated carbocycles. The predicted molar refractivity (Wildman–Crippen MR) is 59.3 cm³/mol. The van der Waals surface area contributed by atoms with Crippen LogP contribution in [0.2, 0.25) is 0 Å². The van der Waals surface area contributed by atoms with Crippen LogP contribution in [0.4, 0.5) is 0 Å². The second-order valence-electron chi connectivity index (χ2n) is 4.67. The lowest BCUT2D eigenvalue weighted by Crippen LogP contribution is -2.57. The number of ether oxygens (including phenoxy) is 1. The average molecular weight is 200 g/mol. The van der Waals surface area contributed by atoms with Crippen molar-refractivity contribution in [3.05, 3.63) is 0 Å². The van der Waals surface area contributed by atoms with Crippen molar-refractivity contribution >= 4 is 0 Å². The molecular formula is C11H24N2O. The summed E-state index contributed by atoms with van der Waals surface area (Å²) in [6.07, 6.45) is 0.448. The molecule has 1 unspecified atom stereocenters. The largest absolute Gasteiger partial charge is 0.377 e. The van der Waals surface area contributed by atoms with Crippen molar-refractivity contribution in [1.29, 1.82) is 0 Å². The highest BCUT2D eigenvalue weighted by molar-refractivity contribution is 4.79. The van der Waals surface area contributed by atoms with E-state index in [0.717, 1.165) is 19.8 Å². The third-order valence-electron chi connectivity index (χ3n) is 2.90. The Morgan fingerprint density at radius 1 is 1.21 bits per heavy atom. The van der Waals surface area contributed by atoms with Gasteiger partial charge in [-0.2, -0.15) is 0 Å². The second-order valence-corrected chi connectivity index (χ2v) is 4.67. The third kappa shape index (κ3) is 2.69. The van der Waals surface area contributed by atoms with Gasteiger partial charge in [-0.25, -0.2) is 0 Å². The van der Waals surface area contributed by atoms with E-state index in [1.807, 2.05) is 0 Å². The topological polar surface area (TPSA) is 15.7 Å². The first-order chi connectivity index (χ1) is 6.54. The van der Waals surface area contributed by atoms with Crippen molar-refractivity contribution < 1.29 is 4.74 Å². The van der Waals surface area contributed by atoms with Crippen molar-refractivity contribution in [2.24, 2.45) is 0 Å². The van der Waals surface area contributed by atoms with Crippen LogP contribution in [-0.2, 0) is 4.74 Å². The van der Waals surface area contributed by atoms with Gasteiger partial charge in [0.1, 0.15) is 0 Å². The fraction of sp³-hybridized carbons (Fsp3) is 1.00. The molecule has 3 nitrogen and oxygen atoms in total. The van der Waals surface area contributed by atoms with E-state index in [1.54, 1.807) is 0 Å². The lowest BCUT2D eigenvalue weighted by molar-refractivity contribution is -0.0858. The minimum absolute atomic E-state index is 0.448. The summed E-state index contributed by atoms with van der Waals surface area (Å²) < 4.78 is 5.55. The van der Waals surface area contributed by atoms with Crippen LogP contribution in [-0.4, -0.2) is 54.9 Å². The molecule has 14 heavy (non-hydrogen) atoms. The molecule has 0 aromatic carbocycles. The van der Waals surface area contributed by atoms with Gasteiger partial charge >= 0.3 is 0 Å². The first-order valence-electron chi connectivity index (χ1n) is 5.59. The molecule has 0 radical (unpaired) electrons. The highest BCUT2D eigenvalue weighted by Gasteiger charge is 2.29. The zero-order valence-corrected chi connectivity index (χ0v) is 10.2. The molecule has 0 bridgehead atoms. The average Bonchev–Trinajstić information content (AvgIpc) is 2.07. The van der Waals surface area contributed by atoms with Gasteiger partial charge in [0.05, 0.1) is 19.4 Å². The number of nitrogens with zero attached hydrogens (tertiary/aromatic N) is 2. The van der Waals surface area contributed by atoms with E-state index in [1.165, 1.54) is 0 Å². The van der Waals surface area contributed by atoms with Gasteiger partial charge in [0.25, 0.3) is 0 Å². The van der Waals surface area contributed by atoms with Gasteiger partial charge < -0.3 is 4.74 Å². The monoisotopic (exact) mass is 200 g/mol. The van der Waals surface area contributed by atoms with E-state index in [9.17, 15) is 0 Å². The van der Waals surface area contributed by atoms with Crippen LogP contribution in [0.15, 0.2) is 0 Å². The summed E-state index contributed by atoms with van der Waals surface area (Å²) in [6, 6.07) is 1.15. The molecule has 3 heteroatoms. The smallest absolute Gasteiger partial charge is 0.0866 e. The molecule has 0 N–H and O–H groups in total. The lowest BCUT2D eigenvalue weighted by atomic mass is 10.2. The van der Waals surface area contributed by atoms with Gasteiger partial charge in [-0.1, -0.05) is 0 Å². The molecular weight excluding hydrogens is 176 g/mol. The Bertz CT molecular complexity index is 163. The van der Waals surface area contributed by atoms with Gasteiger partial charge in [-0.05, 0) is 34.7 Å². The molecule has 0 aliphatic carbocycles. The summed E-state index contributed by atoms with van der Waals surface area (Å²) >= 11 is 0. The molecule has 1 heterocycles. The molecule has 1 aliphatic heterocycles. The summed E-state index contributed by atoms with van der Waals surface area (Å²) in [5, 5.41) is 0. The van der Waals surface area contributed by atoms with Crippen LogP contribution in [0.25, 0.3) is 0 Å². The number of rotatable bonds is 3. The van der Waals surface area contributed by atoms with Gasteiger partial charge in [0, 0.05) is 18.6 Å². The number of hydrogen-bond donors (Lipinski definition) is 0. The first kappa shape index (κ1) is 12.0. The Morgan fingerprint density at radius 2 is 1.79 bits per heavy atom. The maximum absolute atomic E-state index is 5.55. The van der Waals surface area contributed by atoms with Crippen LogP contribution in [0.5, 0.6) is 0 Å². The SMILES string of the molecule is CC(C)N(C(C)C)C1COCCN1C. The van der Waals surface area contributed by atoms with Crippen molar-refractivity contribution in [2.45, 2.75) is 45.9 Å². The summed E-state index contributed by atoms with van der Waals surface area (Å²) in [6.45, 7) is 11.8. The minimum Gasteiger partial charge on any atom is -0.377 e. The zero-order valence-electron chi connectivity index (χ0n) is 10.2. The maximum Gasteiger partial charge on any atom is 0.0866 e. The standard InChI is InChI=1S/C11H24N2O/c1-9(2)13(10(3)4)11-8-14-7-6-12(11)5/h9-11H,6-8H2,1-5H3. The molecule has 1 atom stereocenters. The van der Waals surface area contributed by atoms with Crippen LogP contribution >= 0.6 is 0 Å². The van der Waals surface area contributed by atoms with Gasteiger partial charge in [-0.3, -0.25) is 9.80 Å². The van der Waals surface area contributed by atoms with E-state index in [2.05, 4.69) is 44.5 Å². The summed E-state index contributed by atoms with van der Waals surface area (Å²) in [5.74, 6) is 0. The van der Waals surface area contributed by atoms with E-state index in [4.69, 9.17) is 4.74 Å². The molecule has 0 spiro atoms. The Kier molecular flexibility index (Phi) is 4.35. The van der Waals surface area contributed by atoms with Crippen molar-refractivity contribution in [3.8, 4) is 0 Å². The summed E-state index contributed by atoms with van der Waals surface area (Å²) in [5.41, 5.74) is 0. The Morgan fingerprint density at radius 3 is 2.21 bits per heavy atom. The molecule has 1 aliphatic rings. The molecule has 0 amide bonds. The van der Waals surface area contributed by atoms with E-state index in [-0.39, 0.29) is 0 Å². The van der Waals surface area contributed by atoms with E-state index >= 15 is 0 Å². The highest BCUT2D eigenvalue weighted by Crippen LogP contribution is 2.16. The fourth-order valence-corrected chi connectivity index (χ4v) is 2.27. The number of hydrogen-bond acceptors (Lipinski definition) is 3. The van der Waals surface area contributed by atoms with Crippen molar-refractivity contribution in [1.82, 2.24) is 9.80 Å². The normalized spacial score (nSPS) is 25.3. The van der Waals surface area contributed by atoms with Crippen LogP contribution < -0.4 is 0 Å². The fourth-order valence-electron chi connectivity index (χ4n) is 2.27. The van der Waals surface area contributed by atoms with Crippen LogP contribution in [0, 0.1) is 0 Å². The Labute approximate surface area is 88.0 Å². The van der Waals surface area contributed by atoms with Crippen molar-refractivity contribution in [2.75, 3.05) is 26.8 Å². The van der Waals surface area contributed by atoms with Gasteiger partial charge in [0.15, 0.2) is 0 Å². The first-order valence-corrected chi connectivity index (χ1v) is 5.59. The second kappa shape index (κ2) is 5.10. The molecule has 84 valence electrons. The summed E-state index contributed by atoms with van der Waals surface area (Å²) in [4.78, 5) is 4.91. The van der Waals surface area contributed by atoms with E-state index in [0.29, 0.717) is 18.2 Å². The molecule has 1 rings (SSSR count). The Hall–Kier alpha value is -0.120. The molecule has 1 saturated heterocycles. The van der Waals surface area contributed by atoms with Crippen LogP contribution in [0.1, 0.15) is 27.7 Å². The predicted octanol–water partition coefficient (Wildman–Crippen LogP) is 1.39. The van der Waals surface area contributed by atoms with Gasteiger partial charge in [0.2, 0.25) is 0 Å². The van der Waals surface area contributed by atoms with Gasteiger partial charge in [-0.15, -0.1) is 0 Å². The molecule has 0 aromatic heterocycles. The quantitative estimate of drug-likeness (QED) is 0.685. The third-order valence-corrected chi connectivity index (χ3v) is 2.90. The summed E-state index contributed by atoms with van der Waals surface area (Å²) in [7, 11) is 2.19.